The van der Waals surface area contributed by atoms with E-state index in [1.165, 1.54) is 0 Å². The van der Waals surface area contributed by atoms with Crippen molar-refractivity contribution in [2.45, 2.75) is 0 Å². The summed E-state index contributed by atoms with van der Waals surface area (Å²) < 4.78 is 0. The Morgan fingerprint density at radius 3 is 1.25 bits per heavy atom. The Morgan fingerprint density at radius 2 is 1.25 bits per heavy atom. The molecule has 0 saturated carbocycles. The van der Waals surface area contributed by atoms with Gasteiger partial charge in [-0.25, -0.2) is 0 Å². The smallest absolute Gasteiger partial charge is 0.183 e. The zero-order chi connectivity index (χ0) is 3.58. The Hall–Kier alpha value is 1.66. The van der Waals surface area contributed by atoms with Gasteiger partial charge in [-0.05, 0) is 0 Å². The Kier molecular flexibility index (Phi) is 97.6. The molecule has 0 fully saturated rings. The van der Waals surface area contributed by atoms with E-state index in [-0.39, 0.29) is 83.0 Å². The molecule has 2 radical (unpaired) electrons. The molecule has 0 unspecified atom stereocenters. The van der Waals surface area contributed by atoms with E-state index >= 15 is 0 Å². The van der Waals surface area contributed by atoms with E-state index < -0.39 is 0 Å². The number of hydrogen-bond acceptors (Lipinski definition) is 1. The van der Waals surface area contributed by atoms with Gasteiger partial charge in [-0.3, -0.25) is 5.41 Å². The van der Waals surface area contributed by atoms with Crippen LogP contribution < -0.4 is 11.5 Å². The van der Waals surface area contributed by atoms with E-state index in [0.29, 0.717) is 0 Å². The zero-order valence-corrected chi connectivity index (χ0v) is 10.2. The maximum Gasteiger partial charge on any atom is 0.183 e. The van der Waals surface area contributed by atoms with Crippen LogP contribution in [0.2, 0.25) is 0 Å². The van der Waals surface area contributed by atoms with Gasteiger partial charge in [0.15, 0.2) is 5.96 Å². The first kappa shape index (κ1) is 33.4. The molecule has 3 nitrogen and oxygen atoms in total. The van der Waals surface area contributed by atoms with Crippen LogP contribution in [-0.4, -0.2) is 5.96 Å². The van der Waals surface area contributed by atoms with Crippen LogP contribution in [0.5, 0.6) is 0 Å². The van der Waals surface area contributed by atoms with Crippen molar-refractivity contribution >= 4 is 22.9 Å². The van der Waals surface area contributed by atoms with Gasteiger partial charge in [-0.1, -0.05) is 0 Å². The van der Waals surface area contributed by atoms with Crippen LogP contribution in [0.15, 0.2) is 0 Å². The van der Waals surface area contributed by atoms with E-state index in [1.807, 2.05) is 0 Å². The van der Waals surface area contributed by atoms with Gasteiger partial charge in [0.1, 0.15) is 0 Å². The fourth-order valence-corrected chi connectivity index (χ4v) is 0. The fourth-order valence-electron chi connectivity index (χ4n) is 0. The molecule has 0 amide bonds. The standard InChI is InChI=1S/CH5N3.BrH.Co.Mn.Zr/c2-1(3)4;;;;/h(H5,2,3,4);1H;;;. The zero-order valence-electron chi connectivity index (χ0n) is 3.77. The number of halogens is 1. The normalized spacial score (nSPS) is 3.00. The van der Waals surface area contributed by atoms with E-state index in [4.69, 9.17) is 5.41 Å². The molecule has 0 aliphatic rings. The molecule has 0 rings (SSSR count). The second kappa shape index (κ2) is 23.4. The molecule has 0 heterocycles. The second-order valence-corrected chi connectivity index (χ2v) is 0.455. The van der Waals surface area contributed by atoms with Crippen molar-refractivity contribution in [1.82, 2.24) is 0 Å². The van der Waals surface area contributed by atoms with Crippen molar-refractivity contribution < 1.29 is 60.1 Å². The van der Waals surface area contributed by atoms with Crippen LogP contribution in [0, 0.1) is 5.41 Å². The molecule has 8 heavy (non-hydrogen) atoms. The number of guanidine groups is 1. The minimum Gasteiger partial charge on any atom is -0.370 e. The molecule has 0 bridgehead atoms. The van der Waals surface area contributed by atoms with Crippen LogP contribution >= 0.6 is 17.0 Å². The van der Waals surface area contributed by atoms with Crippen LogP contribution in [0.3, 0.4) is 0 Å². The van der Waals surface area contributed by atoms with Crippen molar-refractivity contribution in [3.8, 4) is 0 Å². The summed E-state index contributed by atoms with van der Waals surface area (Å²) in [6.45, 7) is 0. The summed E-state index contributed by atoms with van der Waals surface area (Å²) in [6, 6.07) is 0. The molecule has 0 atom stereocenters. The van der Waals surface area contributed by atoms with Gasteiger partial charge in [0.25, 0.3) is 0 Å². The molecular formula is CH6BrCoMnN3Zr. The van der Waals surface area contributed by atoms with Gasteiger partial charge in [0, 0.05) is 60.1 Å². The summed E-state index contributed by atoms with van der Waals surface area (Å²) in [7, 11) is 0. The van der Waals surface area contributed by atoms with Crippen molar-refractivity contribution in [1.29, 1.82) is 5.41 Å². The van der Waals surface area contributed by atoms with Gasteiger partial charge in [0.05, 0.1) is 0 Å². The Bertz CT molecular complexity index is 42.3. The number of rotatable bonds is 0. The molecule has 7 heteroatoms. The largest absolute Gasteiger partial charge is 0.370 e. The Balaban J connectivity index is -0.00000000750. The topological polar surface area (TPSA) is 75.9 Å². The molecule has 5 N–H and O–H groups in total. The minimum atomic E-state index is -0.333. The predicted octanol–water partition coefficient (Wildman–Crippen LogP) is -0.591. The molecule has 0 saturated heterocycles. The third-order valence-electron chi connectivity index (χ3n) is 0. The van der Waals surface area contributed by atoms with Crippen molar-refractivity contribution in [2.24, 2.45) is 11.5 Å². The SMILES string of the molecule is Br.N=C(N)N.[Co].[Mn].[Zr]. The molecule has 0 aromatic rings. The first-order valence-corrected chi connectivity index (χ1v) is 0.827. The third-order valence-corrected chi connectivity index (χ3v) is 0. The Morgan fingerprint density at radius 1 is 1.25 bits per heavy atom. The van der Waals surface area contributed by atoms with E-state index in [9.17, 15) is 0 Å². The first-order valence-electron chi connectivity index (χ1n) is 0.827. The second-order valence-electron chi connectivity index (χ2n) is 0.455. The number of nitrogens with one attached hydrogen (secondary N) is 1. The quantitative estimate of drug-likeness (QED) is 0.312. The molecular weight excluding hydrogens is 339 g/mol. The maximum atomic E-state index is 6.06. The van der Waals surface area contributed by atoms with Crippen LogP contribution in [0.1, 0.15) is 0 Å². The average Bonchev–Trinajstić information content (AvgIpc) is 0.811. The molecule has 0 aromatic carbocycles. The van der Waals surface area contributed by atoms with Gasteiger partial charge < -0.3 is 11.5 Å². The van der Waals surface area contributed by atoms with Crippen molar-refractivity contribution in [2.75, 3.05) is 0 Å². The van der Waals surface area contributed by atoms with Crippen molar-refractivity contribution in [3.63, 3.8) is 0 Å². The van der Waals surface area contributed by atoms with Crippen LogP contribution in [0.25, 0.3) is 0 Å². The monoisotopic (exact) mass is 343 g/mol. The van der Waals surface area contributed by atoms with Gasteiger partial charge in [0.2, 0.25) is 0 Å². The summed E-state index contributed by atoms with van der Waals surface area (Å²) in [6.07, 6.45) is 0. The van der Waals surface area contributed by atoms with Gasteiger partial charge in [-0.15, -0.1) is 17.0 Å². The molecule has 0 aromatic heterocycles. The number of hydrogen-bond donors (Lipinski definition) is 3. The van der Waals surface area contributed by atoms with Gasteiger partial charge >= 0.3 is 0 Å². The van der Waals surface area contributed by atoms with E-state index in [1.54, 1.807) is 0 Å². The third kappa shape index (κ3) is 123. The summed E-state index contributed by atoms with van der Waals surface area (Å²) in [5, 5.41) is 6.06. The summed E-state index contributed by atoms with van der Waals surface area (Å²) in [4.78, 5) is 0. The molecule has 0 spiro atoms. The predicted molar refractivity (Wildman–Crippen MR) is 26.4 cm³/mol. The summed E-state index contributed by atoms with van der Waals surface area (Å²) >= 11 is 0. The van der Waals surface area contributed by atoms with Gasteiger partial charge in [-0.2, -0.15) is 0 Å². The molecule has 0 aliphatic heterocycles. The number of nitrogens with two attached hydrogens (primary N) is 2. The maximum absolute atomic E-state index is 6.06. The average molecular weight is 345 g/mol. The Labute approximate surface area is 98.8 Å². The van der Waals surface area contributed by atoms with Crippen molar-refractivity contribution in [3.05, 3.63) is 0 Å². The fraction of sp³-hybridized carbons (Fsp3) is 0. The van der Waals surface area contributed by atoms with E-state index in [0.717, 1.165) is 0 Å². The molecule has 0 aliphatic carbocycles. The first-order chi connectivity index (χ1) is 1.73. The summed E-state index contributed by atoms with van der Waals surface area (Å²) in [5.41, 5.74) is 8.94. The minimum absolute atomic E-state index is 0. The summed E-state index contributed by atoms with van der Waals surface area (Å²) in [5.74, 6) is -0.333. The molecule has 52 valence electrons. The van der Waals surface area contributed by atoms with Crippen LogP contribution in [0.4, 0.5) is 0 Å². The van der Waals surface area contributed by atoms with Crippen LogP contribution in [-0.2, 0) is 60.1 Å². The van der Waals surface area contributed by atoms with E-state index in [2.05, 4.69) is 11.5 Å².